The summed E-state index contributed by atoms with van der Waals surface area (Å²) in [5, 5.41) is 0. The van der Waals surface area contributed by atoms with Crippen molar-refractivity contribution in [1.82, 2.24) is 0 Å². The number of hydrogen-bond acceptors (Lipinski definition) is 3. The summed E-state index contributed by atoms with van der Waals surface area (Å²) in [4.78, 5) is 16.2. The number of rotatable bonds is 3. The van der Waals surface area contributed by atoms with Gasteiger partial charge in [-0.05, 0) is 0 Å². The van der Waals surface area contributed by atoms with Gasteiger partial charge in [0.05, 0.1) is 0 Å². The average Bonchev–Trinajstić information content (AvgIpc) is 2.87. The lowest BCUT2D eigenvalue weighted by Gasteiger charge is -2.21. The van der Waals surface area contributed by atoms with E-state index in [0.29, 0.717) is 11.1 Å². The van der Waals surface area contributed by atoms with Crippen molar-refractivity contribution in [3.05, 3.63) is 71.8 Å². The molecule has 1 atom stereocenters. The second-order valence-corrected chi connectivity index (χ2v) is 4.50. The van der Waals surface area contributed by atoms with Gasteiger partial charge in [-0.25, -0.2) is 14.2 Å². The summed E-state index contributed by atoms with van der Waals surface area (Å²) in [7, 11) is 0. The molecule has 20 heavy (non-hydrogen) atoms. The highest BCUT2D eigenvalue weighted by atomic mass is 19.1. The van der Waals surface area contributed by atoms with Crippen LogP contribution in [0.25, 0.3) is 0 Å². The number of cyclic esters (lactones) is 1. The molecule has 0 aliphatic carbocycles. The third kappa shape index (κ3) is 1.99. The first-order valence-electron chi connectivity index (χ1n) is 6.25. The number of alkyl halides is 1. The molecule has 3 rings (SSSR count). The fraction of sp³-hybridized carbons (Fsp3) is 0.125. The smallest absolute Gasteiger partial charge is 0.359 e. The Kier molecular flexibility index (Phi) is 3.06. The zero-order valence-electron chi connectivity index (χ0n) is 10.6. The van der Waals surface area contributed by atoms with Crippen molar-refractivity contribution in [3.8, 4) is 0 Å². The van der Waals surface area contributed by atoms with Crippen molar-refractivity contribution in [3.63, 3.8) is 0 Å². The van der Waals surface area contributed by atoms with Crippen LogP contribution in [0.4, 0.5) is 4.39 Å². The fourth-order valence-corrected chi connectivity index (χ4v) is 2.19. The topological polar surface area (TPSA) is 38.7 Å². The van der Waals surface area contributed by atoms with Gasteiger partial charge in [-0.15, -0.1) is 0 Å². The second kappa shape index (κ2) is 4.89. The largest absolute Gasteiger partial charge is 0.425 e. The van der Waals surface area contributed by atoms with Gasteiger partial charge in [-0.2, -0.15) is 0 Å². The van der Waals surface area contributed by atoms with Crippen molar-refractivity contribution < 1.29 is 13.9 Å². The SMILES string of the molecule is O=C1O[C@](CF)(c2ccccc2)N=C1c1ccccc1. The molecule has 0 aromatic heterocycles. The highest BCUT2D eigenvalue weighted by Gasteiger charge is 2.44. The van der Waals surface area contributed by atoms with Crippen LogP contribution in [0.1, 0.15) is 11.1 Å². The van der Waals surface area contributed by atoms with Gasteiger partial charge in [0.25, 0.3) is 5.72 Å². The lowest BCUT2D eigenvalue weighted by molar-refractivity contribution is -0.148. The number of halogens is 1. The van der Waals surface area contributed by atoms with Crippen LogP contribution in [0.15, 0.2) is 65.7 Å². The standard InChI is InChI=1S/C16H12FNO2/c17-11-16(13-9-5-2-6-10-13)18-14(15(19)20-16)12-7-3-1-4-8-12/h1-10H,11H2/t16-/m1/s1. The van der Waals surface area contributed by atoms with Crippen LogP contribution in [0.2, 0.25) is 0 Å². The molecule has 2 aromatic rings. The number of esters is 1. The third-order valence-electron chi connectivity index (χ3n) is 3.20. The van der Waals surface area contributed by atoms with Gasteiger partial charge in [0.15, 0.2) is 12.4 Å². The number of hydrogen-bond donors (Lipinski definition) is 0. The molecule has 0 bridgehead atoms. The Morgan fingerprint density at radius 2 is 1.60 bits per heavy atom. The molecule has 0 radical (unpaired) electrons. The zero-order valence-corrected chi connectivity index (χ0v) is 10.6. The minimum atomic E-state index is -1.55. The molecule has 0 amide bonds. The van der Waals surface area contributed by atoms with E-state index in [4.69, 9.17) is 4.74 Å². The van der Waals surface area contributed by atoms with Gasteiger partial charge >= 0.3 is 5.97 Å². The molecule has 1 aliphatic rings. The first-order chi connectivity index (χ1) is 9.75. The number of carbonyl (C=O) groups is 1. The van der Waals surface area contributed by atoms with Crippen molar-refractivity contribution >= 4 is 11.7 Å². The van der Waals surface area contributed by atoms with Crippen molar-refractivity contribution in [2.45, 2.75) is 5.72 Å². The van der Waals surface area contributed by atoms with E-state index in [9.17, 15) is 9.18 Å². The highest BCUT2D eigenvalue weighted by Crippen LogP contribution is 2.34. The molecular formula is C16H12FNO2. The minimum Gasteiger partial charge on any atom is -0.425 e. The second-order valence-electron chi connectivity index (χ2n) is 4.50. The number of benzene rings is 2. The Morgan fingerprint density at radius 3 is 2.20 bits per heavy atom. The number of ether oxygens (including phenoxy) is 1. The normalized spacial score (nSPS) is 21.4. The molecule has 1 aliphatic heterocycles. The summed E-state index contributed by atoms with van der Waals surface area (Å²) in [6, 6.07) is 17.7. The van der Waals surface area contributed by atoms with Crippen LogP contribution in [-0.2, 0) is 15.3 Å². The summed E-state index contributed by atoms with van der Waals surface area (Å²) in [6.45, 7) is -0.890. The molecule has 0 spiro atoms. The first kappa shape index (κ1) is 12.5. The Bertz CT molecular complexity index is 655. The molecular weight excluding hydrogens is 257 g/mol. The number of carbonyl (C=O) groups excluding carboxylic acids is 1. The third-order valence-corrected chi connectivity index (χ3v) is 3.20. The lowest BCUT2D eigenvalue weighted by Crippen LogP contribution is -2.27. The molecule has 0 saturated heterocycles. The summed E-state index contributed by atoms with van der Waals surface area (Å²) in [6.07, 6.45) is 0. The lowest BCUT2D eigenvalue weighted by atomic mass is 10.0. The molecule has 0 unspecified atom stereocenters. The Balaban J connectivity index is 2.08. The quantitative estimate of drug-likeness (QED) is 0.804. The Hall–Kier alpha value is -2.49. The van der Waals surface area contributed by atoms with E-state index in [1.54, 1.807) is 48.5 Å². The average molecular weight is 269 g/mol. The van der Waals surface area contributed by atoms with E-state index >= 15 is 0 Å². The molecule has 1 heterocycles. The van der Waals surface area contributed by atoms with E-state index < -0.39 is 18.4 Å². The van der Waals surface area contributed by atoms with Gasteiger partial charge in [0.2, 0.25) is 0 Å². The molecule has 4 heteroatoms. The molecule has 100 valence electrons. The van der Waals surface area contributed by atoms with E-state index in [-0.39, 0.29) is 5.71 Å². The van der Waals surface area contributed by atoms with Gasteiger partial charge < -0.3 is 4.74 Å². The van der Waals surface area contributed by atoms with E-state index in [1.165, 1.54) is 0 Å². The van der Waals surface area contributed by atoms with Crippen LogP contribution >= 0.6 is 0 Å². The van der Waals surface area contributed by atoms with Crippen LogP contribution in [0, 0.1) is 0 Å². The van der Waals surface area contributed by atoms with Gasteiger partial charge in [-0.1, -0.05) is 60.7 Å². The van der Waals surface area contributed by atoms with Crippen LogP contribution in [-0.4, -0.2) is 18.4 Å². The molecule has 2 aromatic carbocycles. The molecule has 3 nitrogen and oxygen atoms in total. The van der Waals surface area contributed by atoms with Crippen LogP contribution < -0.4 is 0 Å². The maximum atomic E-state index is 13.5. The van der Waals surface area contributed by atoms with Crippen molar-refractivity contribution in [2.75, 3.05) is 6.67 Å². The Morgan fingerprint density at radius 1 is 1.00 bits per heavy atom. The number of nitrogens with zero attached hydrogens (tertiary/aromatic N) is 1. The predicted molar refractivity (Wildman–Crippen MR) is 73.2 cm³/mol. The molecule has 0 N–H and O–H groups in total. The highest BCUT2D eigenvalue weighted by molar-refractivity contribution is 6.44. The summed E-state index contributed by atoms with van der Waals surface area (Å²) >= 11 is 0. The maximum Gasteiger partial charge on any atom is 0.359 e. The molecule has 0 saturated carbocycles. The van der Waals surface area contributed by atoms with E-state index in [1.807, 2.05) is 12.1 Å². The predicted octanol–water partition coefficient (Wildman–Crippen LogP) is 2.86. The first-order valence-corrected chi connectivity index (χ1v) is 6.25. The van der Waals surface area contributed by atoms with Crippen molar-refractivity contribution in [2.24, 2.45) is 4.99 Å². The zero-order chi connectivity index (χ0) is 14.0. The maximum absolute atomic E-state index is 13.5. The molecule has 0 fully saturated rings. The Labute approximate surface area is 115 Å². The van der Waals surface area contributed by atoms with Crippen LogP contribution in [0.3, 0.4) is 0 Å². The summed E-state index contributed by atoms with van der Waals surface area (Å²) < 4.78 is 18.8. The monoisotopic (exact) mass is 269 g/mol. The minimum absolute atomic E-state index is 0.159. The van der Waals surface area contributed by atoms with E-state index in [2.05, 4.69) is 4.99 Å². The van der Waals surface area contributed by atoms with Gasteiger partial charge in [-0.3, -0.25) is 0 Å². The van der Waals surface area contributed by atoms with Crippen molar-refractivity contribution in [1.29, 1.82) is 0 Å². The number of aliphatic imine (C=N–C) groups is 1. The summed E-state index contributed by atoms with van der Waals surface area (Å²) in [5.41, 5.74) is -0.235. The summed E-state index contributed by atoms with van der Waals surface area (Å²) in [5.74, 6) is -0.599. The van der Waals surface area contributed by atoms with Gasteiger partial charge in [0.1, 0.15) is 0 Å². The van der Waals surface area contributed by atoms with Crippen LogP contribution in [0.5, 0.6) is 0 Å². The van der Waals surface area contributed by atoms with Gasteiger partial charge in [0, 0.05) is 11.1 Å². The van der Waals surface area contributed by atoms with E-state index in [0.717, 1.165) is 0 Å². The fourth-order valence-electron chi connectivity index (χ4n) is 2.19.